The van der Waals surface area contributed by atoms with Crippen molar-refractivity contribution in [2.75, 3.05) is 5.32 Å². The van der Waals surface area contributed by atoms with Gasteiger partial charge < -0.3 is 10.1 Å². The molecule has 2 aromatic rings. The summed E-state index contributed by atoms with van der Waals surface area (Å²) in [6.07, 6.45) is 1.20. The van der Waals surface area contributed by atoms with E-state index in [1.54, 1.807) is 0 Å². The van der Waals surface area contributed by atoms with Crippen LogP contribution in [-0.2, 0) is 9.05 Å². The van der Waals surface area contributed by atoms with E-state index in [1.807, 2.05) is 0 Å². The van der Waals surface area contributed by atoms with Crippen LogP contribution in [0.2, 0.25) is 10.3 Å². The van der Waals surface area contributed by atoms with E-state index in [4.69, 9.17) is 33.9 Å². The van der Waals surface area contributed by atoms with Gasteiger partial charge in [-0.3, -0.25) is 0 Å². The summed E-state index contributed by atoms with van der Waals surface area (Å²) < 4.78 is 51.8. The number of hydrogen-bond acceptors (Lipinski definition) is 6. The molecule has 0 bridgehead atoms. The van der Waals surface area contributed by atoms with Crippen molar-refractivity contribution in [1.29, 1.82) is 0 Å². The zero-order valence-corrected chi connectivity index (χ0v) is 13.9. The van der Waals surface area contributed by atoms with Crippen molar-refractivity contribution in [3.8, 4) is 5.75 Å². The number of nitrogens with zero attached hydrogens (tertiary/aromatic N) is 2. The van der Waals surface area contributed by atoms with E-state index in [-0.39, 0.29) is 27.6 Å². The van der Waals surface area contributed by atoms with Crippen LogP contribution in [0.4, 0.5) is 20.3 Å². The molecule has 0 aliphatic rings. The van der Waals surface area contributed by atoms with Crippen molar-refractivity contribution in [2.45, 2.75) is 11.5 Å². The van der Waals surface area contributed by atoms with Crippen LogP contribution in [0.25, 0.3) is 0 Å². The zero-order chi connectivity index (χ0) is 17.2. The summed E-state index contributed by atoms with van der Waals surface area (Å²) in [5.74, 6) is -0.368. The van der Waals surface area contributed by atoms with Crippen LogP contribution in [0.5, 0.6) is 5.75 Å². The van der Waals surface area contributed by atoms with E-state index < -0.39 is 20.6 Å². The molecule has 0 amide bonds. The Bertz CT molecular complexity index is 837. The van der Waals surface area contributed by atoms with Gasteiger partial charge in [0.05, 0.1) is 11.9 Å². The van der Waals surface area contributed by atoms with Crippen LogP contribution in [-0.4, -0.2) is 25.0 Å². The van der Waals surface area contributed by atoms with Gasteiger partial charge in [0.25, 0.3) is 9.05 Å². The Morgan fingerprint density at radius 2 is 1.96 bits per heavy atom. The van der Waals surface area contributed by atoms with E-state index >= 15 is 0 Å². The Balaban J connectivity index is 2.47. The molecular weight excluding hydrogens is 399 g/mol. The van der Waals surface area contributed by atoms with Crippen molar-refractivity contribution in [1.82, 2.24) is 9.97 Å². The molecule has 12 heteroatoms. The molecule has 0 saturated carbocycles. The lowest BCUT2D eigenvalue weighted by Gasteiger charge is -2.12. The normalized spacial score (nSPS) is 11.6. The molecule has 0 spiro atoms. The molecule has 6 nitrogen and oxygen atoms in total. The first-order valence-corrected chi connectivity index (χ1v) is 8.72. The average Bonchev–Trinajstić information content (AvgIpc) is 2.42. The summed E-state index contributed by atoms with van der Waals surface area (Å²) in [6.45, 7) is -3.12. The molecule has 0 atom stereocenters. The molecule has 2 rings (SSSR count). The number of hydrogen-bond donors (Lipinski definition) is 1. The number of nitrogens with one attached hydrogen (secondary N) is 1. The SMILES string of the molecule is O=S(=O)(Cl)c1cc(OC(F)F)ccc1Nc1nc(Cl)ncc1Cl. The lowest BCUT2D eigenvalue weighted by atomic mass is 10.3. The molecule has 23 heavy (non-hydrogen) atoms. The number of ether oxygens (including phenoxy) is 1. The lowest BCUT2D eigenvalue weighted by molar-refractivity contribution is -0.0499. The summed E-state index contributed by atoms with van der Waals surface area (Å²) in [6, 6.07) is 3.13. The number of halogens is 5. The third kappa shape index (κ3) is 4.77. The molecule has 124 valence electrons. The van der Waals surface area contributed by atoms with E-state index in [0.29, 0.717) is 0 Å². The molecule has 0 aliphatic carbocycles. The summed E-state index contributed by atoms with van der Waals surface area (Å²) >= 11 is 11.5. The van der Waals surface area contributed by atoms with E-state index in [0.717, 1.165) is 12.1 Å². The fourth-order valence-corrected chi connectivity index (χ4v) is 2.84. The molecule has 0 aliphatic heterocycles. The summed E-state index contributed by atoms with van der Waals surface area (Å²) in [4.78, 5) is 6.92. The van der Waals surface area contributed by atoms with Crippen LogP contribution in [0.15, 0.2) is 29.3 Å². The zero-order valence-electron chi connectivity index (χ0n) is 10.8. The van der Waals surface area contributed by atoms with Crippen LogP contribution in [0.1, 0.15) is 0 Å². The molecule has 0 radical (unpaired) electrons. The van der Waals surface area contributed by atoms with Gasteiger partial charge in [0, 0.05) is 16.7 Å². The first kappa shape index (κ1) is 17.9. The third-order valence-electron chi connectivity index (χ3n) is 2.41. The number of rotatable bonds is 5. The maximum absolute atomic E-state index is 12.2. The van der Waals surface area contributed by atoms with Gasteiger partial charge in [-0.15, -0.1) is 0 Å². The first-order chi connectivity index (χ1) is 10.7. The minimum absolute atomic E-state index is 0.00996. The van der Waals surface area contributed by atoms with Gasteiger partial charge >= 0.3 is 6.61 Å². The standard InChI is InChI=1S/C11H6Cl3F2N3O3S/c12-6-4-17-10(13)19-9(6)18-7-2-1-5(22-11(15)16)3-8(7)23(14,20)21/h1-4,11H,(H,17,18,19). The molecular formula is C11H6Cl3F2N3O3S. The lowest BCUT2D eigenvalue weighted by Crippen LogP contribution is -2.05. The topological polar surface area (TPSA) is 81.2 Å². The molecule has 0 fully saturated rings. The summed E-state index contributed by atoms with van der Waals surface area (Å²) in [7, 11) is 1.04. The number of anilines is 2. The van der Waals surface area contributed by atoms with Crippen molar-refractivity contribution in [3.63, 3.8) is 0 Å². The average molecular weight is 405 g/mol. The summed E-state index contributed by atoms with van der Waals surface area (Å²) in [5.41, 5.74) is -0.0571. The maximum Gasteiger partial charge on any atom is 0.387 e. The van der Waals surface area contributed by atoms with Crippen molar-refractivity contribution in [2.24, 2.45) is 0 Å². The number of benzene rings is 1. The smallest absolute Gasteiger partial charge is 0.387 e. The highest BCUT2D eigenvalue weighted by Gasteiger charge is 2.19. The van der Waals surface area contributed by atoms with Gasteiger partial charge in [-0.05, 0) is 23.7 Å². The molecule has 1 heterocycles. The number of alkyl halides is 2. The van der Waals surface area contributed by atoms with Crippen LogP contribution >= 0.6 is 33.9 Å². The largest absolute Gasteiger partial charge is 0.435 e. The third-order valence-corrected chi connectivity index (χ3v) is 4.23. The predicted molar refractivity (Wildman–Crippen MR) is 81.4 cm³/mol. The van der Waals surface area contributed by atoms with Gasteiger partial charge in [-0.1, -0.05) is 11.6 Å². The second-order valence-electron chi connectivity index (χ2n) is 3.93. The van der Waals surface area contributed by atoms with Crippen molar-refractivity contribution >= 4 is 54.4 Å². The van der Waals surface area contributed by atoms with Gasteiger partial charge in [-0.25, -0.2) is 13.4 Å². The fourth-order valence-electron chi connectivity index (χ4n) is 1.54. The van der Waals surface area contributed by atoms with Gasteiger partial charge in [0.15, 0.2) is 5.82 Å². The fraction of sp³-hybridized carbons (Fsp3) is 0.0909. The van der Waals surface area contributed by atoms with Crippen LogP contribution < -0.4 is 10.1 Å². The molecule has 1 aromatic carbocycles. The first-order valence-electron chi connectivity index (χ1n) is 5.65. The maximum atomic E-state index is 12.2. The van der Waals surface area contributed by atoms with Crippen LogP contribution in [0, 0.1) is 0 Å². The highest BCUT2D eigenvalue weighted by Crippen LogP contribution is 2.33. The van der Waals surface area contributed by atoms with E-state index in [2.05, 4.69) is 20.0 Å². The van der Waals surface area contributed by atoms with Crippen molar-refractivity contribution < 1.29 is 21.9 Å². The molecule has 1 N–H and O–H groups in total. The van der Waals surface area contributed by atoms with E-state index in [9.17, 15) is 17.2 Å². The Labute approximate surface area is 143 Å². The minimum atomic E-state index is -4.27. The predicted octanol–water partition coefficient (Wildman–Crippen LogP) is 4.06. The quantitative estimate of drug-likeness (QED) is 0.598. The molecule has 0 saturated heterocycles. The summed E-state index contributed by atoms with van der Waals surface area (Å²) in [5, 5.41) is 2.52. The highest BCUT2D eigenvalue weighted by atomic mass is 35.7. The van der Waals surface area contributed by atoms with Crippen molar-refractivity contribution in [3.05, 3.63) is 34.7 Å². The second kappa shape index (κ2) is 7.00. The Morgan fingerprint density at radius 3 is 2.57 bits per heavy atom. The number of aromatic nitrogens is 2. The van der Waals surface area contributed by atoms with Crippen LogP contribution in [0.3, 0.4) is 0 Å². The minimum Gasteiger partial charge on any atom is -0.435 e. The second-order valence-corrected chi connectivity index (χ2v) is 7.21. The Hall–Kier alpha value is -1.42. The molecule has 1 aromatic heterocycles. The van der Waals surface area contributed by atoms with E-state index in [1.165, 1.54) is 12.3 Å². The molecule has 0 unspecified atom stereocenters. The Kier molecular flexibility index (Phi) is 5.45. The van der Waals surface area contributed by atoms with Gasteiger partial charge in [0.1, 0.15) is 15.7 Å². The Morgan fingerprint density at radius 1 is 1.26 bits per heavy atom. The monoisotopic (exact) mass is 403 g/mol. The van der Waals surface area contributed by atoms with Gasteiger partial charge in [-0.2, -0.15) is 13.8 Å². The van der Waals surface area contributed by atoms with Gasteiger partial charge in [0.2, 0.25) is 5.28 Å². The highest BCUT2D eigenvalue weighted by molar-refractivity contribution is 8.13.